The quantitative estimate of drug-likeness (QED) is 0.560. The van der Waals surface area contributed by atoms with Gasteiger partial charge in [-0.1, -0.05) is 26.0 Å². The van der Waals surface area contributed by atoms with Gasteiger partial charge in [-0.2, -0.15) is 0 Å². The molecule has 0 heterocycles. The Balaban J connectivity index is 2.50. The van der Waals surface area contributed by atoms with Crippen LogP contribution in [0.3, 0.4) is 0 Å². The Morgan fingerprint density at radius 1 is 1.29 bits per heavy atom. The molecule has 118 valence electrons. The summed E-state index contributed by atoms with van der Waals surface area (Å²) in [5.74, 6) is 0.403. The number of carbonyl (C=O) groups excluding carboxylic acids is 1. The lowest BCUT2D eigenvalue weighted by atomic mass is 10.1. The van der Waals surface area contributed by atoms with Crippen LogP contribution in [0.4, 0.5) is 0 Å². The van der Waals surface area contributed by atoms with Gasteiger partial charge in [0, 0.05) is 18.7 Å². The smallest absolute Gasteiger partial charge is 0.240 e. The van der Waals surface area contributed by atoms with Crippen LogP contribution in [0.25, 0.3) is 0 Å². The minimum absolute atomic E-state index is 0.0948. The monoisotopic (exact) mass is 313 g/mol. The van der Waals surface area contributed by atoms with E-state index in [2.05, 4.69) is 18.6 Å². The highest BCUT2D eigenvalue weighted by molar-refractivity contribution is 7.89. The fourth-order valence-corrected chi connectivity index (χ4v) is 2.69. The molecule has 0 amide bonds. The summed E-state index contributed by atoms with van der Waals surface area (Å²) in [6, 6.07) is 6.00. The lowest BCUT2D eigenvalue weighted by Crippen LogP contribution is -2.27. The maximum Gasteiger partial charge on any atom is 0.240 e. The maximum absolute atomic E-state index is 12.1. The Morgan fingerprint density at radius 3 is 2.62 bits per heavy atom. The highest BCUT2D eigenvalue weighted by Crippen LogP contribution is 2.11. The van der Waals surface area contributed by atoms with Gasteiger partial charge in [0.25, 0.3) is 0 Å². The zero-order valence-electron chi connectivity index (χ0n) is 12.8. The van der Waals surface area contributed by atoms with Crippen molar-refractivity contribution in [2.45, 2.75) is 32.1 Å². The first-order valence-corrected chi connectivity index (χ1v) is 8.49. The third-order valence-electron chi connectivity index (χ3n) is 2.93. The summed E-state index contributed by atoms with van der Waals surface area (Å²) in [7, 11) is -3.60. The van der Waals surface area contributed by atoms with Gasteiger partial charge in [-0.3, -0.25) is 4.79 Å². The molecular formula is C15H23NO4S. The van der Waals surface area contributed by atoms with E-state index < -0.39 is 10.0 Å². The van der Waals surface area contributed by atoms with Crippen molar-refractivity contribution in [3.63, 3.8) is 0 Å². The first-order valence-electron chi connectivity index (χ1n) is 7.01. The summed E-state index contributed by atoms with van der Waals surface area (Å²) >= 11 is 0. The Labute approximate surface area is 126 Å². The van der Waals surface area contributed by atoms with E-state index >= 15 is 0 Å². The predicted octanol–water partition coefficient (Wildman–Crippen LogP) is 2.23. The molecule has 0 aliphatic rings. The Bertz CT molecular complexity index is 567. The largest absolute Gasteiger partial charge is 0.380 e. The second kappa shape index (κ2) is 8.26. The van der Waals surface area contributed by atoms with Gasteiger partial charge in [-0.05, 0) is 31.4 Å². The molecular weight excluding hydrogens is 290 g/mol. The lowest BCUT2D eigenvalue weighted by molar-refractivity contribution is 0.101. The second-order valence-corrected chi connectivity index (χ2v) is 7.04. The average Bonchev–Trinajstić information content (AvgIpc) is 2.42. The van der Waals surface area contributed by atoms with Gasteiger partial charge < -0.3 is 4.74 Å². The molecule has 0 bridgehead atoms. The minimum Gasteiger partial charge on any atom is -0.380 e. The summed E-state index contributed by atoms with van der Waals surface area (Å²) in [6.07, 6.45) is 0.952. The summed E-state index contributed by atoms with van der Waals surface area (Å²) in [5.41, 5.74) is 0.381. The van der Waals surface area contributed by atoms with Crippen LogP contribution >= 0.6 is 0 Å². The Hall–Kier alpha value is -1.24. The fourth-order valence-electron chi connectivity index (χ4n) is 1.63. The molecule has 0 unspecified atom stereocenters. The molecule has 6 heteroatoms. The van der Waals surface area contributed by atoms with Crippen molar-refractivity contribution in [2.24, 2.45) is 5.92 Å². The molecule has 0 saturated heterocycles. The van der Waals surface area contributed by atoms with Crippen LogP contribution < -0.4 is 4.72 Å². The topological polar surface area (TPSA) is 72.5 Å². The van der Waals surface area contributed by atoms with Crippen LogP contribution in [-0.2, 0) is 14.8 Å². The first kappa shape index (κ1) is 17.8. The number of hydrogen-bond acceptors (Lipinski definition) is 4. The molecule has 1 N–H and O–H groups in total. The summed E-state index contributed by atoms with van der Waals surface area (Å²) in [6.45, 7) is 6.78. The number of sulfonamides is 1. The third kappa shape index (κ3) is 6.37. The van der Waals surface area contributed by atoms with Crippen molar-refractivity contribution in [1.82, 2.24) is 4.72 Å². The van der Waals surface area contributed by atoms with Crippen molar-refractivity contribution in [3.8, 4) is 0 Å². The van der Waals surface area contributed by atoms with Gasteiger partial charge in [0.05, 0.1) is 11.5 Å². The fraction of sp³-hybridized carbons (Fsp3) is 0.533. The van der Waals surface area contributed by atoms with Crippen LogP contribution in [0.15, 0.2) is 29.2 Å². The van der Waals surface area contributed by atoms with E-state index in [0.717, 1.165) is 6.42 Å². The van der Waals surface area contributed by atoms with E-state index in [9.17, 15) is 13.2 Å². The average molecular weight is 313 g/mol. The van der Waals surface area contributed by atoms with E-state index in [4.69, 9.17) is 4.74 Å². The molecule has 5 nitrogen and oxygen atoms in total. The zero-order valence-corrected chi connectivity index (χ0v) is 13.6. The minimum atomic E-state index is -3.60. The summed E-state index contributed by atoms with van der Waals surface area (Å²) in [4.78, 5) is 11.4. The van der Waals surface area contributed by atoms with E-state index in [-0.39, 0.29) is 17.2 Å². The number of Topliss-reactive ketones (excluding diaryl/α,β-unsaturated/α-hetero) is 1. The van der Waals surface area contributed by atoms with E-state index in [0.29, 0.717) is 24.7 Å². The van der Waals surface area contributed by atoms with Crippen LogP contribution in [-0.4, -0.2) is 34.0 Å². The third-order valence-corrected chi connectivity index (χ3v) is 4.39. The molecule has 0 radical (unpaired) electrons. The number of hydrogen-bond donors (Lipinski definition) is 1. The highest BCUT2D eigenvalue weighted by atomic mass is 32.2. The molecule has 0 saturated carbocycles. The number of benzene rings is 1. The summed E-state index contributed by atoms with van der Waals surface area (Å²) in [5, 5.41) is 0. The van der Waals surface area contributed by atoms with Gasteiger partial charge in [-0.25, -0.2) is 13.1 Å². The lowest BCUT2D eigenvalue weighted by Gasteiger charge is -2.09. The van der Waals surface area contributed by atoms with E-state index in [1.54, 1.807) is 12.1 Å². The number of ether oxygens (including phenoxy) is 1. The van der Waals surface area contributed by atoms with Crippen molar-refractivity contribution in [2.75, 3.05) is 19.8 Å². The zero-order chi connectivity index (χ0) is 15.9. The molecule has 21 heavy (non-hydrogen) atoms. The number of carbonyl (C=O) groups is 1. The molecule has 0 aromatic heterocycles. The second-order valence-electron chi connectivity index (χ2n) is 5.28. The van der Waals surface area contributed by atoms with Gasteiger partial charge >= 0.3 is 0 Å². The molecule has 1 aromatic carbocycles. The Kier molecular flexibility index (Phi) is 7.01. The molecule has 0 aliphatic heterocycles. The normalized spacial score (nSPS) is 11.8. The maximum atomic E-state index is 12.1. The predicted molar refractivity (Wildman–Crippen MR) is 81.9 cm³/mol. The Morgan fingerprint density at radius 2 is 2.00 bits per heavy atom. The van der Waals surface area contributed by atoms with Crippen LogP contribution in [0.5, 0.6) is 0 Å². The molecule has 0 fully saturated rings. The van der Waals surface area contributed by atoms with E-state index in [1.807, 2.05) is 0 Å². The molecule has 0 spiro atoms. The van der Waals surface area contributed by atoms with Crippen molar-refractivity contribution in [1.29, 1.82) is 0 Å². The van der Waals surface area contributed by atoms with Crippen LogP contribution in [0.2, 0.25) is 0 Å². The van der Waals surface area contributed by atoms with Crippen molar-refractivity contribution >= 4 is 15.8 Å². The van der Waals surface area contributed by atoms with Crippen LogP contribution in [0.1, 0.15) is 37.6 Å². The number of nitrogens with one attached hydrogen (secondary N) is 1. The summed E-state index contributed by atoms with van der Waals surface area (Å²) < 4.78 is 32.0. The first-order chi connectivity index (χ1) is 9.83. The van der Waals surface area contributed by atoms with Gasteiger partial charge in [-0.15, -0.1) is 0 Å². The highest BCUT2D eigenvalue weighted by Gasteiger charge is 2.14. The van der Waals surface area contributed by atoms with Crippen molar-refractivity contribution < 1.29 is 17.9 Å². The molecule has 1 aromatic rings. The number of ketones is 1. The molecule has 1 rings (SSSR count). The van der Waals surface area contributed by atoms with Crippen LogP contribution in [0, 0.1) is 5.92 Å². The van der Waals surface area contributed by atoms with Gasteiger partial charge in [0.2, 0.25) is 10.0 Å². The van der Waals surface area contributed by atoms with Gasteiger partial charge in [0.1, 0.15) is 0 Å². The van der Waals surface area contributed by atoms with Crippen molar-refractivity contribution in [3.05, 3.63) is 29.8 Å². The molecule has 0 aliphatic carbocycles. The SMILES string of the molecule is CC(=O)c1cccc(S(=O)(=O)NCCOCCC(C)C)c1. The molecule has 0 atom stereocenters. The standard InChI is InChI=1S/C15H23NO4S/c1-12(2)7-9-20-10-8-16-21(18,19)15-6-4-5-14(11-15)13(3)17/h4-6,11-12,16H,7-10H2,1-3H3. The number of rotatable bonds is 9. The van der Waals surface area contributed by atoms with E-state index in [1.165, 1.54) is 19.1 Å². The van der Waals surface area contributed by atoms with Gasteiger partial charge in [0.15, 0.2) is 5.78 Å².